The Kier molecular flexibility index (Phi) is 6.39. The molecule has 2 aromatic heterocycles. The molecular weight excluding hydrogens is 454 g/mol. The zero-order valence-electron chi connectivity index (χ0n) is 20.7. The van der Waals surface area contributed by atoms with Gasteiger partial charge < -0.3 is 15.1 Å². The van der Waals surface area contributed by atoms with Gasteiger partial charge in [0.15, 0.2) is 5.65 Å². The van der Waals surface area contributed by atoms with Gasteiger partial charge in [-0.1, -0.05) is 42.5 Å². The molecule has 0 aliphatic carbocycles. The van der Waals surface area contributed by atoms with Gasteiger partial charge >= 0.3 is 6.03 Å². The Morgan fingerprint density at radius 3 is 2.39 bits per heavy atom. The second-order valence-corrected chi connectivity index (χ2v) is 9.07. The van der Waals surface area contributed by atoms with Crippen molar-refractivity contribution in [2.45, 2.75) is 6.92 Å². The summed E-state index contributed by atoms with van der Waals surface area (Å²) in [4.78, 5) is 35.1. The highest BCUT2D eigenvalue weighted by atomic mass is 16.2. The predicted molar refractivity (Wildman–Crippen MR) is 141 cm³/mol. The fourth-order valence-electron chi connectivity index (χ4n) is 4.66. The van der Waals surface area contributed by atoms with Gasteiger partial charge in [0, 0.05) is 45.1 Å². The monoisotopic (exact) mass is 483 g/mol. The van der Waals surface area contributed by atoms with E-state index in [1.807, 2.05) is 62.5 Å². The number of anilines is 2. The standard InChI is InChI=1S/C27H29N7O2/c1-18-23-24(34-14-12-32(2)13-15-34)22(17-28-25(23)33(3)31-18)26(35)30-27(36)29-21-11-7-10-20(16-21)19-8-5-4-6-9-19/h4-11,16-17H,12-15H2,1-3H3,(H2,29,30,35,36). The first kappa shape index (κ1) is 23.5. The Balaban J connectivity index is 1.40. The van der Waals surface area contributed by atoms with Gasteiger partial charge in [-0.05, 0) is 37.2 Å². The van der Waals surface area contributed by atoms with Crippen LogP contribution >= 0.6 is 0 Å². The second kappa shape index (κ2) is 9.79. The van der Waals surface area contributed by atoms with Crippen LogP contribution in [0.5, 0.6) is 0 Å². The average molecular weight is 484 g/mol. The number of benzene rings is 2. The van der Waals surface area contributed by atoms with Crippen LogP contribution in [0.4, 0.5) is 16.2 Å². The molecular formula is C27H29N7O2. The van der Waals surface area contributed by atoms with Crippen LogP contribution in [0.1, 0.15) is 16.1 Å². The number of hydrogen-bond acceptors (Lipinski definition) is 6. The van der Waals surface area contributed by atoms with Crippen molar-refractivity contribution in [3.63, 3.8) is 0 Å². The van der Waals surface area contributed by atoms with E-state index in [4.69, 9.17) is 0 Å². The van der Waals surface area contributed by atoms with Crippen LogP contribution in [0.2, 0.25) is 0 Å². The largest absolute Gasteiger partial charge is 0.368 e. The minimum atomic E-state index is -0.599. The molecule has 4 aromatic rings. The van der Waals surface area contributed by atoms with Crippen molar-refractivity contribution in [1.82, 2.24) is 25.0 Å². The lowest BCUT2D eigenvalue weighted by atomic mass is 10.1. The van der Waals surface area contributed by atoms with Crippen molar-refractivity contribution >= 4 is 34.3 Å². The molecule has 36 heavy (non-hydrogen) atoms. The van der Waals surface area contributed by atoms with E-state index in [1.165, 1.54) is 6.20 Å². The summed E-state index contributed by atoms with van der Waals surface area (Å²) in [5.41, 5.74) is 5.24. The second-order valence-electron chi connectivity index (χ2n) is 9.07. The van der Waals surface area contributed by atoms with Crippen molar-refractivity contribution in [1.29, 1.82) is 0 Å². The lowest BCUT2D eigenvalue weighted by molar-refractivity contribution is 0.0967. The van der Waals surface area contributed by atoms with Crippen molar-refractivity contribution in [3.05, 3.63) is 72.1 Å². The number of carbonyl (C=O) groups is 2. The van der Waals surface area contributed by atoms with E-state index in [0.717, 1.165) is 54.1 Å². The van der Waals surface area contributed by atoms with E-state index in [9.17, 15) is 9.59 Å². The lowest BCUT2D eigenvalue weighted by Crippen LogP contribution is -2.45. The van der Waals surface area contributed by atoms with E-state index >= 15 is 0 Å². The maximum absolute atomic E-state index is 13.3. The highest BCUT2D eigenvalue weighted by Gasteiger charge is 2.26. The number of urea groups is 1. The number of hydrogen-bond donors (Lipinski definition) is 2. The van der Waals surface area contributed by atoms with Gasteiger partial charge in [-0.25, -0.2) is 9.78 Å². The van der Waals surface area contributed by atoms with Crippen LogP contribution in [0.15, 0.2) is 60.8 Å². The number of rotatable bonds is 4. The van der Waals surface area contributed by atoms with Crippen LogP contribution in [-0.4, -0.2) is 64.8 Å². The fourth-order valence-corrected chi connectivity index (χ4v) is 4.66. The number of fused-ring (bicyclic) bond motifs is 1. The van der Waals surface area contributed by atoms with Crippen molar-refractivity contribution in [2.24, 2.45) is 7.05 Å². The van der Waals surface area contributed by atoms with E-state index in [0.29, 0.717) is 16.9 Å². The summed E-state index contributed by atoms with van der Waals surface area (Å²) in [5.74, 6) is -0.502. The number of nitrogens with zero attached hydrogens (tertiary/aromatic N) is 5. The van der Waals surface area contributed by atoms with Crippen LogP contribution < -0.4 is 15.5 Å². The number of aryl methyl sites for hydroxylation is 2. The Morgan fingerprint density at radius 2 is 1.64 bits per heavy atom. The summed E-state index contributed by atoms with van der Waals surface area (Å²) in [7, 11) is 3.92. The molecule has 5 rings (SSSR count). The number of pyridine rings is 1. The third kappa shape index (κ3) is 4.65. The quantitative estimate of drug-likeness (QED) is 0.460. The lowest BCUT2D eigenvalue weighted by Gasteiger charge is -2.35. The van der Waals surface area contributed by atoms with E-state index in [1.54, 1.807) is 10.7 Å². The Labute approximate surface area is 209 Å². The van der Waals surface area contributed by atoms with Gasteiger partial charge in [0.05, 0.1) is 22.3 Å². The van der Waals surface area contributed by atoms with Crippen molar-refractivity contribution < 1.29 is 9.59 Å². The van der Waals surface area contributed by atoms with Gasteiger partial charge in [0.1, 0.15) is 0 Å². The molecule has 0 unspecified atom stereocenters. The minimum Gasteiger partial charge on any atom is -0.368 e. The first-order valence-corrected chi connectivity index (χ1v) is 11.9. The third-order valence-electron chi connectivity index (χ3n) is 6.52. The first-order valence-electron chi connectivity index (χ1n) is 11.9. The maximum Gasteiger partial charge on any atom is 0.326 e. The van der Waals surface area contributed by atoms with E-state index in [-0.39, 0.29) is 0 Å². The molecule has 1 saturated heterocycles. The van der Waals surface area contributed by atoms with Crippen LogP contribution in [-0.2, 0) is 7.05 Å². The van der Waals surface area contributed by atoms with Crippen molar-refractivity contribution in [2.75, 3.05) is 43.4 Å². The Hall–Kier alpha value is -4.24. The molecule has 0 radical (unpaired) electrons. The normalized spacial score (nSPS) is 14.1. The Morgan fingerprint density at radius 1 is 0.917 bits per heavy atom. The van der Waals surface area contributed by atoms with E-state index < -0.39 is 11.9 Å². The topological polar surface area (TPSA) is 95.4 Å². The summed E-state index contributed by atoms with van der Waals surface area (Å²) in [5, 5.41) is 10.6. The van der Waals surface area contributed by atoms with Crippen LogP contribution in [0.3, 0.4) is 0 Å². The molecule has 0 spiro atoms. The first-order chi connectivity index (χ1) is 17.4. The van der Waals surface area contributed by atoms with Gasteiger partial charge in [-0.2, -0.15) is 5.10 Å². The van der Waals surface area contributed by atoms with Gasteiger partial charge in [0.25, 0.3) is 5.91 Å². The Bertz CT molecular complexity index is 1420. The molecule has 1 aliphatic rings. The molecule has 3 heterocycles. The van der Waals surface area contributed by atoms with Gasteiger partial charge in [0.2, 0.25) is 0 Å². The summed E-state index contributed by atoms with van der Waals surface area (Å²) in [6, 6.07) is 16.8. The molecule has 2 N–H and O–H groups in total. The molecule has 1 fully saturated rings. The molecule has 2 aromatic carbocycles. The highest BCUT2D eigenvalue weighted by Crippen LogP contribution is 2.32. The van der Waals surface area contributed by atoms with Gasteiger partial charge in [-0.15, -0.1) is 0 Å². The zero-order valence-corrected chi connectivity index (χ0v) is 20.7. The smallest absolute Gasteiger partial charge is 0.326 e. The molecule has 1 aliphatic heterocycles. The van der Waals surface area contributed by atoms with Gasteiger partial charge in [-0.3, -0.25) is 14.8 Å². The molecule has 0 atom stereocenters. The maximum atomic E-state index is 13.3. The molecule has 9 heteroatoms. The average Bonchev–Trinajstić information content (AvgIpc) is 3.18. The molecule has 3 amide bonds. The number of nitrogens with one attached hydrogen (secondary N) is 2. The zero-order chi connectivity index (χ0) is 25.2. The summed E-state index contributed by atoms with van der Waals surface area (Å²) < 4.78 is 1.72. The number of imide groups is 1. The SMILES string of the molecule is Cc1nn(C)c2ncc(C(=O)NC(=O)Nc3cccc(-c4ccccc4)c3)c(N3CCN(C)CC3)c12. The number of piperazine rings is 1. The predicted octanol–water partition coefficient (Wildman–Crippen LogP) is 3.66. The third-order valence-corrected chi connectivity index (χ3v) is 6.52. The number of likely N-dealkylation sites (N-methyl/N-ethyl adjacent to an activating group) is 1. The molecule has 0 bridgehead atoms. The number of carbonyl (C=O) groups excluding carboxylic acids is 2. The fraction of sp³-hybridized carbons (Fsp3) is 0.259. The number of amides is 3. The summed E-state index contributed by atoms with van der Waals surface area (Å²) >= 11 is 0. The summed E-state index contributed by atoms with van der Waals surface area (Å²) in [6.07, 6.45) is 1.54. The molecule has 184 valence electrons. The molecule has 9 nitrogen and oxygen atoms in total. The highest BCUT2D eigenvalue weighted by molar-refractivity contribution is 6.13. The van der Waals surface area contributed by atoms with Crippen LogP contribution in [0.25, 0.3) is 22.2 Å². The molecule has 0 saturated carbocycles. The minimum absolute atomic E-state index is 0.358. The number of aromatic nitrogens is 3. The van der Waals surface area contributed by atoms with Crippen molar-refractivity contribution in [3.8, 4) is 11.1 Å². The van der Waals surface area contributed by atoms with E-state index in [2.05, 4.69) is 37.6 Å². The van der Waals surface area contributed by atoms with Crippen LogP contribution in [0, 0.1) is 6.92 Å². The summed E-state index contributed by atoms with van der Waals surface area (Å²) in [6.45, 7) is 5.20.